The van der Waals surface area contributed by atoms with Crippen LogP contribution in [0.15, 0.2) is 54.9 Å². The van der Waals surface area contributed by atoms with Gasteiger partial charge in [0.15, 0.2) is 0 Å². The van der Waals surface area contributed by atoms with E-state index >= 15 is 0 Å². The van der Waals surface area contributed by atoms with E-state index < -0.39 is 0 Å². The first-order chi connectivity index (χ1) is 13.2. The smallest absolute Gasteiger partial charge is 0.317 e. The highest BCUT2D eigenvalue weighted by Gasteiger charge is 2.23. The number of benzene rings is 2. The maximum Gasteiger partial charge on any atom is 0.317 e. The molecule has 1 aliphatic rings. The predicted octanol–water partition coefficient (Wildman–Crippen LogP) is 3.80. The number of urea groups is 1. The first kappa shape index (κ1) is 17.5. The van der Waals surface area contributed by atoms with Crippen LogP contribution in [0.2, 0.25) is 0 Å². The monoisotopic (exact) mass is 366 g/mol. The van der Waals surface area contributed by atoms with Crippen molar-refractivity contribution in [3.8, 4) is 0 Å². The van der Waals surface area contributed by atoms with E-state index in [9.17, 15) is 9.18 Å². The molecule has 5 nitrogen and oxygen atoms in total. The van der Waals surface area contributed by atoms with Crippen LogP contribution in [0.5, 0.6) is 0 Å². The molecule has 2 heterocycles. The van der Waals surface area contributed by atoms with Crippen LogP contribution in [0.3, 0.4) is 0 Å². The number of halogens is 1. The number of para-hydroxylation sites is 2. The number of hydrogen-bond donors (Lipinski definition) is 1. The van der Waals surface area contributed by atoms with Crippen LogP contribution in [0.1, 0.15) is 18.4 Å². The number of rotatable bonds is 4. The average molecular weight is 366 g/mol. The summed E-state index contributed by atoms with van der Waals surface area (Å²) < 4.78 is 15.1. The van der Waals surface area contributed by atoms with Crippen molar-refractivity contribution < 1.29 is 9.18 Å². The number of likely N-dealkylation sites (tertiary alicyclic amines) is 1. The molecule has 140 valence electrons. The van der Waals surface area contributed by atoms with Crippen molar-refractivity contribution in [1.29, 1.82) is 0 Å². The molecule has 0 unspecified atom stereocenters. The Hall–Kier alpha value is -2.89. The van der Waals surface area contributed by atoms with Gasteiger partial charge in [-0.15, -0.1) is 0 Å². The zero-order chi connectivity index (χ0) is 18.6. The van der Waals surface area contributed by atoms with E-state index in [0.717, 1.165) is 49.1 Å². The molecule has 0 saturated carbocycles. The molecule has 0 radical (unpaired) electrons. The van der Waals surface area contributed by atoms with Crippen molar-refractivity contribution in [1.82, 2.24) is 19.8 Å². The number of aromatic nitrogens is 2. The quantitative estimate of drug-likeness (QED) is 0.764. The van der Waals surface area contributed by atoms with Crippen LogP contribution in [0.25, 0.3) is 11.0 Å². The molecule has 1 N–H and O–H groups in total. The minimum atomic E-state index is -0.266. The molecule has 27 heavy (non-hydrogen) atoms. The summed E-state index contributed by atoms with van der Waals surface area (Å²) >= 11 is 0. The van der Waals surface area contributed by atoms with Gasteiger partial charge < -0.3 is 14.8 Å². The number of piperidine rings is 1. The Balaban J connectivity index is 1.27. The SMILES string of the molecule is O=C(NCc1ccc(F)cc1)N1CCC(Cn2cnc3ccccc32)CC1. The van der Waals surface area contributed by atoms with Crippen molar-refractivity contribution in [2.45, 2.75) is 25.9 Å². The zero-order valence-corrected chi connectivity index (χ0v) is 15.1. The topological polar surface area (TPSA) is 50.2 Å². The van der Waals surface area contributed by atoms with Crippen LogP contribution in [-0.2, 0) is 13.1 Å². The third-order valence-electron chi connectivity index (χ3n) is 5.24. The first-order valence-electron chi connectivity index (χ1n) is 9.36. The molecule has 3 aromatic rings. The summed E-state index contributed by atoms with van der Waals surface area (Å²) in [5, 5.41) is 2.92. The van der Waals surface area contributed by atoms with E-state index in [4.69, 9.17) is 0 Å². The lowest BCUT2D eigenvalue weighted by atomic mass is 9.97. The molecule has 2 amide bonds. The molecule has 0 spiro atoms. The summed E-state index contributed by atoms with van der Waals surface area (Å²) in [7, 11) is 0. The molecule has 0 atom stereocenters. The largest absolute Gasteiger partial charge is 0.334 e. The van der Waals surface area contributed by atoms with Gasteiger partial charge in [0.2, 0.25) is 0 Å². The maximum atomic E-state index is 12.9. The van der Waals surface area contributed by atoms with Crippen molar-refractivity contribution in [2.75, 3.05) is 13.1 Å². The molecule has 1 aliphatic heterocycles. The fraction of sp³-hybridized carbons (Fsp3) is 0.333. The van der Waals surface area contributed by atoms with Crippen LogP contribution < -0.4 is 5.32 Å². The van der Waals surface area contributed by atoms with Gasteiger partial charge in [-0.3, -0.25) is 0 Å². The Morgan fingerprint density at radius 2 is 1.85 bits per heavy atom. The number of fused-ring (bicyclic) bond motifs is 1. The summed E-state index contributed by atoms with van der Waals surface area (Å²) in [6, 6.07) is 14.3. The van der Waals surface area contributed by atoms with Gasteiger partial charge in [-0.05, 0) is 48.6 Å². The molecule has 4 rings (SSSR count). The average Bonchev–Trinajstić information content (AvgIpc) is 3.11. The van der Waals surface area contributed by atoms with Crippen LogP contribution in [0, 0.1) is 11.7 Å². The Bertz CT molecular complexity index is 913. The Morgan fingerprint density at radius 3 is 2.63 bits per heavy atom. The number of amides is 2. The highest BCUT2D eigenvalue weighted by Crippen LogP contribution is 2.21. The molecule has 1 aromatic heterocycles. The van der Waals surface area contributed by atoms with Gasteiger partial charge >= 0.3 is 6.03 Å². The van der Waals surface area contributed by atoms with Gasteiger partial charge in [0.05, 0.1) is 17.4 Å². The van der Waals surface area contributed by atoms with E-state index in [2.05, 4.69) is 20.9 Å². The van der Waals surface area contributed by atoms with Gasteiger partial charge in [0, 0.05) is 26.2 Å². The molecule has 1 fully saturated rings. The van der Waals surface area contributed by atoms with Crippen LogP contribution >= 0.6 is 0 Å². The molecular formula is C21H23FN4O. The van der Waals surface area contributed by atoms with Gasteiger partial charge in [0.25, 0.3) is 0 Å². The van der Waals surface area contributed by atoms with Crippen molar-refractivity contribution in [3.63, 3.8) is 0 Å². The Labute approximate surface area is 157 Å². The van der Waals surface area contributed by atoms with E-state index in [0.29, 0.717) is 12.5 Å². The van der Waals surface area contributed by atoms with Gasteiger partial charge in [0.1, 0.15) is 5.82 Å². The highest BCUT2D eigenvalue weighted by atomic mass is 19.1. The van der Waals surface area contributed by atoms with Gasteiger partial charge in [-0.2, -0.15) is 0 Å². The molecule has 2 aromatic carbocycles. The Kier molecular flexibility index (Phi) is 5.05. The maximum absolute atomic E-state index is 12.9. The van der Waals surface area contributed by atoms with Crippen molar-refractivity contribution >= 4 is 17.1 Å². The highest BCUT2D eigenvalue weighted by molar-refractivity contribution is 5.75. The summed E-state index contributed by atoms with van der Waals surface area (Å²) in [5.41, 5.74) is 3.08. The third kappa shape index (κ3) is 4.10. The van der Waals surface area contributed by atoms with Gasteiger partial charge in [-0.1, -0.05) is 24.3 Å². The van der Waals surface area contributed by atoms with Crippen molar-refractivity contribution in [3.05, 3.63) is 66.2 Å². The van der Waals surface area contributed by atoms with Crippen LogP contribution in [0.4, 0.5) is 9.18 Å². The van der Waals surface area contributed by atoms with E-state index in [1.165, 1.54) is 12.1 Å². The van der Waals surface area contributed by atoms with Gasteiger partial charge in [-0.25, -0.2) is 14.2 Å². The van der Waals surface area contributed by atoms with E-state index in [-0.39, 0.29) is 11.8 Å². The Morgan fingerprint density at radius 1 is 1.11 bits per heavy atom. The first-order valence-corrected chi connectivity index (χ1v) is 9.36. The molecule has 6 heteroatoms. The number of hydrogen-bond acceptors (Lipinski definition) is 2. The fourth-order valence-corrected chi connectivity index (χ4v) is 3.64. The molecular weight excluding hydrogens is 343 g/mol. The molecule has 0 aliphatic carbocycles. The number of imidazole rings is 1. The fourth-order valence-electron chi connectivity index (χ4n) is 3.64. The number of nitrogens with zero attached hydrogens (tertiary/aromatic N) is 3. The number of carbonyl (C=O) groups is 1. The lowest BCUT2D eigenvalue weighted by Gasteiger charge is -2.32. The number of nitrogens with one attached hydrogen (secondary N) is 1. The standard InChI is InChI=1S/C21H23FN4O/c22-18-7-5-16(6-8-18)13-23-21(27)25-11-9-17(10-12-25)14-26-15-24-19-3-1-2-4-20(19)26/h1-8,15,17H,9-14H2,(H,23,27). The lowest BCUT2D eigenvalue weighted by Crippen LogP contribution is -2.44. The second kappa shape index (κ2) is 7.78. The third-order valence-corrected chi connectivity index (χ3v) is 5.24. The second-order valence-corrected chi connectivity index (χ2v) is 7.10. The lowest BCUT2D eigenvalue weighted by molar-refractivity contribution is 0.165. The summed E-state index contributed by atoms with van der Waals surface area (Å²) in [6.07, 6.45) is 3.87. The molecule has 0 bridgehead atoms. The van der Waals surface area contributed by atoms with E-state index in [1.54, 1.807) is 12.1 Å². The van der Waals surface area contributed by atoms with Crippen molar-refractivity contribution in [2.24, 2.45) is 5.92 Å². The summed E-state index contributed by atoms with van der Waals surface area (Å²) in [6.45, 7) is 2.87. The second-order valence-electron chi connectivity index (χ2n) is 7.10. The minimum absolute atomic E-state index is 0.0501. The zero-order valence-electron chi connectivity index (χ0n) is 15.1. The predicted molar refractivity (Wildman–Crippen MR) is 103 cm³/mol. The van der Waals surface area contributed by atoms with Crippen LogP contribution in [-0.4, -0.2) is 33.6 Å². The number of carbonyl (C=O) groups excluding carboxylic acids is 1. The minimum Gasteiger partial charge on any atom is -0.334 e. The summed E-state index contributed by atoms with van der Waals surface area (Å²) in [4.78, 5) is 18.7. The molecule has 1 saturated heterocycles. The van der Waals surface area contributed by atoms with E-state index in [1.807, 2.05) is 29.4 Å². The normalized spacial score (nSPS) is 15.2. The summed E-state index contributed by atoms with van der Waals surface area (Å²) in [5.74, 6) is 0.279.